The second-order valence-electron chi connectivity index (χ2n) is 7.19. The quantitative estimate of drug-likeness (QED) is 0.792. The Morgan fingerprint density at radius 3 is 3.08 bits per heavy atom. The number of carbonyl (C=O) groups excluding carboxylic acids is 1. The summed E-state index contributed by atoms with van der Waals surface area (Å²) in [5.74, 6) is 1.84. The third kappa shape index (κ3) is 3.25. The molecule has 6 heteroatoms. The number of amides is 2. The van der Waals surface area contributed by atoms with Crippen LogP contribution in [0.2, 0.25) is 0 Å². The van der Waals surface area contributed by atoms with Gasteiger partial charge in [0.05, 0.1) is 0 Å². The predicted octanol–water partition coefficient (Wildman–Crippen LogP) is 2.51. The minimum atomic E-state index is -0.0879. The van der Waals surface area contributed by atoms with Crippen molar-refractivity contribution >= 4 is 6.03 Å². The van der Waals surface area contributed by atoms with E-state index in [9.17, 15) is 4.79 Å². The van der Waals surface area contributed by atoms with Gasteiger partial charge in [-0.1, -0.05) is 29.4 Å². The molecule has 0 unspecified atom stereocenters. The Labute approximate surface area is 147 Å². The minimum absolute atomic E-state index is 0.0879. The molecule has 1 fully saturated rings. The van der Waals surface area contributed by atoms with Gasteiger partial charge in [0.15, 0.2) is 5.82 Å². The molecule has 25 heavy (non-hydrogen) atoms. The molecule has 0 aliphatic heterocycles. The fraction of sp³-hybridized carbons (Fsp3) is 0.526. The number of benzene rings is 1. The summed E-state index contributed by atoms with van der Waals surface area (Å²) < 4.78 is 5.05. The van der Waals surface area contributed by atoms with Crippen LogP contribution in [0, 0.1) is 12.8 Å². The van der Waals surface area contributed by atoms with Gasteiger partial charge in [-0.2, -0.15) is 4.98 Å². The summed E-state index contributed by atoms with van der Waals surface area (Å²) in [6.07, 6.45) is 5.07. The third-order valence-electron chi connectivity index (χ3n) is 5.56. The van der Waals surface area contributed by atoms with Crippen LogP contribution >= 0.6 is 0 Å². The van der Waals surface area contributed by atoms with Crippen LogP contribution < -0.4 is 10.6 Å². The van der Waals surface area contributed by atoms with Gasteiger partial charge in [0.2, 0.25) is 5.89 Å². The van der Waals surface area contributed by atoms with Crippen LogP contribution in [0.5, 0.6) is 0 Å². The molecule has 6 nitrogen and oxygen atoms in total. The van der Waals surface area contributed by atoms with Crippen LogP contribution in [0.4, 0.5) is 4.79 Å². The van der Waals surface area contributed by atoms with Crippen LogP contribution in [0.3, 0.4) is 0 Å². The molecule has 2 aliphatic rings. The lowest BCUT2D eigenvalue weighted by Crippen LogP contribution is -2.37. The zero-order chi connectivity index (χ0) is 17.3. The number of nitrogens with one attached hydrogen (secondary N) is 2. The summed E-state index contributed by atoms with van der Waals surface area (Å²) in [6.45, 7) is 3.15. The van der Waals surface area contributed by atoms with Crippen LogP contribution in [-0.4, -0.2) is 29.3 Å². The molecule has 132 valence electrons. The molecule has 2 atom stereocenters. The molecule has 2 aromatic rings. The maximum absolute atomic E-state index is 12.0. The Morgan fingerprint density at radius 2 is 2.24 bits per heavy atom. The highest BCUT2D eigenvalue weighted by Gasteiger charge is 2.57. The van der Waals surface area contributed by atoms with E-state index in [-0.39, 0.29) is 6.03 Å². The lowest BCUT2D eigenvalue weighted by molar-refractivity contribution is 0.240. The molecule has 1 saturated carbocycles. The molecule has 0 radical (unpaired) electrons. The summed E-state index contributed by atoms with van der Waals surface area (Å²) in [5, 5.41) is 9.68. The van der Waals surface area contributed by atoms with Gasteiger partial charge in [0.1, 0.15) is 0 Å². The molecule has 2 amide bonds. The molecule has 2 aliphatic carbocycles. The van der Waals surface area contributed by atoms with Crippen molar-refractivity contribution < 1.29 is 9.32 Å². The zero-order valence-electron chi connectivity index (χ0n) is 14.5. The summed E-state index contributed by atoms with van der Waals surface area (Å²) in [7, 11) is 0. The van der Waals surface area contributed by atoms with Crippen molar-refractivity contribution in [1.29, 1.82) is 0 Å². The van der Waals surface area contributed by atoms with E-state index < -0.39 is 0 Å². The van der Waals surface area contributed by atoms with Gasteiger partial charge in [-0.15, -0.1) is 0 Å². The molecule has 4 rings (SSSR count). The lowest BCUT2D eigenvalue weighted by atomic mass is 9.95. The van der Waals surface area contributed by atoms with Gasteiger partial charge in [-0.25, -0.2) is 4.79 Å². The number of nitrogens with zero attached hydrogens (tertiary/aromatic N) is 2. The first kappa shape index (κ1) is 16.1. The van der Waals surface area contributed by atoms with E-state index in [1.165, 1.54) is 30.4 Å². The molecular weight excluding hydrogens is 316 g/mol. The lowest BCUT2D eigenvalue weighted by Gasteiger charge is -2.12. The van der Waals surface area contributed by atoms with Gasteiger partial charge in [-0.3, -0.25) is 0 Å². The van der Waals surface area contributed by atoms with Crippen LogP contribution in [0.1, 0.15) is 42.1 Å². The monoisotopic (exact) mass is 340 g/mol. The Hall–Kier alpha value is -2.37. The number of fused-ring (bicyclic) bond motifs is 2. The van der Waals surface area contributed by atoms with Crippen molar-refractivity contribution in [3.63, 3.8) is 0 Å². The molecule has 2 N–H and O–H groups in total. The van der Waals surface area contributed by atoms with Crippen molar-refractivity contribution in [3.05, 3.63) is 47.1 Å². The number of urea groups is 1. The van der Waals surface area contributed by atoms with E-state index in [1.807, 2.05) is 0 Å². The van der Waals surface area contributed by atoms with Gasteiger partial charge < -0.3 is 15.2 Å². The highest BCUT2D eigenvalue weighted by Crippen LogP contribution is 2.61. The first-order valence-electron chi connectivity index (χ1n) is 9.07. The maximum atomic E-state index is 12.0. The van der Waals surface area contributed by atoms with Gasteiger partial charge in [0.25, 0.3) is 0 Å². The van der Waals surface area contributed by atoms with E-state index in [2.05, 4.69) is 45.0 Å². The van der Waals surface area contributed by atoms with Crippen molar-refractivity contribution in [3.8, 4) is 0 Å². The minimum Gasteiger partial charge on any atom is -0.339 e. The molecule has 1 heterocycles. The van der Waals surface area contributed by atoms with Crippen molar-refractivity contribution in [2.75, 3.05) is 13.1 Å². The fourth-order valence-electron chi connectivity index (χ4n) is 4.16. The molecule has 1 aromatic carbocycles. The standard InChI is InChI=1S/C19H24N4O2/c1-13-22-17(25-23-13)7-4-10-20-18(24)21-12-15-11-19(15)9-8-14-5-2-3-6-16(14)19/h2-3,5-6,15H,4,7-12H2,1H3,(H2,20,21,24)/t15-,19-/m1/s1. The van der Waals surface area contributed by atoms with Crippen LogP contribution in [0.15, 0.2) is 28.8 Å². The number of hydrogen-bond donors (Lipinski definition) is 2. The first-order valence-corrected chi connectivity index (χ1v) is 9.07. The van der Waals surface area contributed by atoms with E-state index in [1.54, 1.807) is 6.92 Å². The van der Waals surface area contributed by atoms with Gasteiger partial charge in [0, 0.05) is 24.9 Å². The summed E-state index contributed by atoms with van der Waals surface area (Å²) >= 11 is 0. The number of carbonyl (C=O) groups is 1. The second kappa shape index (κ2) is 6.50. The molecule has 1 aromatic heterocycles. The van der Waals surface area contributed by atoms with Crippen LogP contribution in [0.25, 0.3) is 0 Å². The summed E-state index contributed by atoms with van der Waals surface area (Å²) in [4.78, 5) is 16.1. The Balaban J connectivity index is 1.17. The molecule has 0 saturated heterocycles. The van der Waals surface area contributed by atoms with Gasteiger partial charge >= 0.3 is 6.03 Å². The number of aromatic nitrogens is 2. The third-order valence-corrected chi connectivity index (χ3v) is 5.56. The number of hydrogen-bond acceptors (Lipinski definition) is 4. The van der Waals surface area contributed by atoms with Crippen molar-refractivity contribution in [1.82, 2.24) is 20.8 Å². The van der Waals surface area contributed by atoms with Crippen molar-refractivity contribution in [2.24, 2.45) is 5.92 Å². The highest BCUT2D eigenvalue weighted by molar-refractivity contribution is 5.73. The van der Waals surface area contributed by atoms with E-state index in [0.29, 0.717) is 36.0 Å². The summed E-state index contributed by atoms with van der Waals surface area (Å²) in [5.41, 5.74) is 3.34. The maximum Gasteiger partial charge on any atom is 0.314 e. The number of aryl methyl sites for hydroxylation is 3. The average Bonchev–Trinajstić information content (AvgIpc) is 2.96. The first-order chi connectivity index (χ1) is 12.2. The average molecular weight is 340 g/mol. The smallest absolute Gasteiger partial charge is 0.314 e. The number of rotatable bonds is 6. The Morgan fingerprint density at radius 1 is 1.36 bits per heavy atom. The van der Waals surface area contributed by atoms with Crippen LogP contribution in [-0.2, 0) is 18.3 Å². The zero-order valence-corrected chi connectivity index (χ0v) is 14.5. The van der Waals surface area contributed by atoms with E-state index >= 15 is 0 Å². The predicted molar refractivity (Wildman–Crippen MR) is 93.3 cm³/mol. The van der Waals surface area contributed by atoms with E-state index in [0.717, 1.165) is 13.0 Å². The Bertz CT molecular complexity index is 772. The topological polar surface area (TPSA) is 80.0 Å². The molecule has 1 spiro atoms. The van der Waals surface area contributed by atoms with E-state index in [4.69, 9.17) is 4.52 Å². The highest BCUT2D eigenvalue weighted by atomic mass is 16.5. The fourth-order valence-corrected chi connectivity index (χ4v) is 4.16. The molecule has 0 bridgehead atoms. The Kier molecular flexibility index (Phi) is 4.19. The van der Waals surface area contributed by atoms with Gasteiger partial charge in [-0.05, 0) is 49.7 Å². The normalized spacial score (nSPS) is 23.5. The largest absolute Gasteiger partial charge is 0.339 e. The summed E-state index contributed by atoms with van der Waals surface area (Å²) in [6, 6.07) is 8.67. The van der Waals surface area contributed by atoms with Crippen molar-refractivity contribution in [2.45, 2.75) is 44.4 Å². The second-order valence-corrected chi connectivity index (χ2v) is 7.19. The SMILES string of the molecule is Cc1noc(CCCNC(=O)NC[C@H]2C[C@]23CCc2ccccc23)n1. The molecular formula is C19H24N4O2.